The molecule has 3 N–H and O–H groups in total. The van der Waals surface area contributed by atoms with Gasteiger partial charge in [-0.05, 0) is 56.4 Å². The number of nitrogens with zero attached hydrogens (tertiary/aromatic N) is 3. The molecule has 5 rings (SSSR count). The standard InChI is InChI=1S/C27H28F3N5O3/c1-4-8-27(9-5-10-35(27)3)13-38-26-33-23-19(24(31-2)34-26)25(37)32-22(21(23)30)16-12-15(36)11-14-6-7-17(28)20(29)18(14)16/h6-7,11-12,36H,4-5,8-10,13H2,1-3H3,(H,32,37)(H,31,33,34). The number of fused-ring (bicyclic) bond motifs is 2. The van der Waals surface area contributed by atoms with E-state index in [1.165, 1.54) is 19.2 Å². The summed E-state index contributed by atoms with van der Waals surface area (Å²) in [6.45, 7) is 3.32. The number of likely N-dealkylation sites (tertiary alicyclic amines) is 1. The summed E-state index contributed by atoms with van der Waals surface area (Å²) in [7, 11) is 3.57. The minimum atomic E-state index is -1.23. The Balaban J connectivity index is 1.68. The molecule has 0 aliphatic carbocycles. The maximum absolute atomic E-state index is 16.1. The van der Waals surface area contributed by atoms with Crippen molar-refractivity contribution in [2.45, 2.75) is 38.1 Å². The van der Waals surface area contributed by atoms with E-state index in [-0.39, 0.29) is 57.0 Å². The average molecular weight is 528 g/mol. The lowest BCUT2D eigenvalue weighted by Crippen LogP contribution is -2.46. The van der Waals surface area contributed by atoms with Crippen molar-refractivity contribution in [1.82, 2.24) is 19.9 Å². The number of rotatable bonds is 7. The quantitative estimate of drug-likeness (QED) is 0.313. The number of benzene rings is 2. The van der Waals surface area contributed by atoms with Gasteiger partial charge in [0.2, 0.25) is 0 Å². The average Bonchev–Trinajstić information content (AvgIpc) is 3.26. The summed E-state index contributed by atoms with van der Waals surface area (Å²) in [5.41, 5.74) is -1.98. The third kappa shape index (κ3) is 4.20. The number of likely N-dealkylation sites (N-methyl/N-ethyl adjacent to an activating group) is 1. The minimum Gasteiger partial charge on any atom is -0.508 e. The normalized spacial score (nSPS) is 17.9. The van der Waals surface area contributed by atoms with Crippen LogP contribution in [0.15, 0.2) is 29.1 Å². The number of halogens is 3. The number of H-pyrrole nitrogens is 1. The molecule has 1 unspecified atom stereocenters. The number of anilines is 1. The highest BCUT2D eigenvalue weighted by molar-refractivity contribution is 6.00. The fourth-order valence-corrected chi connectivity index (χ4v) is 5.48. The number of aromatic nitrogens is 3. The van der Waals surface area contributed by atoms with E-state index >= 15 is 4.39 Å². The Labute approximate surface area is 216 Å². The molecule has 1 fully saturated rings. The number of ether oxygens (including phenoxy) is 1. The van der Waals surface area contributed by atoms with Crippen LogP contribution in [0.4, 0.5) is 19.0 Å². The van der Waals surface area contributed by atoms with Gasteiger partial charge < -0.3 is 20.1 Å². The van der Waals surface area contributed by atoms with Crippen molar-refractivity contribution < 1.29 is 23.0 Å². The van der Waals surface area contributed by atoms with Crippen LogP contribution < -0.4 is 15.6 Å². The molecular weight excluding hydrogens is 499 g/mol. The SMILES string of the molecule is CCCC1(COc2nc(NC)c3c(=O)[nH]c(-c4cc(O)cc5ccc(F)c(F)c45)c(F)c3n2)CCCN1C. The lowest BCUT2D eigenvalue weighted by atomic mass is 9.92. The summed E-state index contributed by atoms with van der Waals surface area (Å²) in [5.74, 6) is -3.65. The molecule has 1 aliphatic rings. The molecule has 2 aromatic carbocycles. The first-order chi connectivity index (χ1) is 18.2. The summed E-state index contributed by atoms with van der Waals surface area (Å²) in [4.78, 5) is 26.3. The van der Waals surface area contributed by atoms with E-state index in [1.54, 1.807) is 0 Å². The van der Waals surface area contributed by atoms with Gasteiger partial charge in [0.25, 0.3) is 5.56 Å². The molecule has 1 saturated heterocycles. The zero-order chi connectivity index (χ0) is 27.2. The largest absolute Gasteiger partial charge is 0.508 e. The molecule has 0 amide bonds. The maximum atomic E-state index is 16.1. The van der Waals surface area contributed by atoms with Crippen LogP contribution in [-0.2, 0) is 0 Å². The molecule has 8 nitrogen and oxygen atoms in total. The van der Waals surface area contributed by atoms with Crippen LogP contribution in [0.1, 0.15) is 32.6 Å². The first-order valence-corrected chi connectivity index (χ1v) is 12.5. The van der Waals surface area contributed by atoms with Gasteiger partial charge in [0.15, 0.2) is 17.5 Å². The molecule has 200 valence electrons. The number of aromatic amines is 1. The smallest absolute Gasteiger partial charge is 0.319 e. The topological polar surface area (TPSA) is 103 Å². The molecule has 38 heavy (non-hydrogen) atoms. The Morgan fingerprint density at radius 1 is 1.18 bits per heavy atom. The molecule has 0 bridgehead atoms. The second-order valence-electron chi connectivity index (χ2n) is 9.71. The maximum Gasteiger partial charge on any atom is 0.319 e. The lowest BCUT2D eigenvalue weighted by molar-refractivity contribution is 0.0828. The van der Waals surface area contributed by atoms with Crippen molar-refractivity contribution in [2.75, 3.05) is 32.6 Å². The van der Waals surface area contributed by atoms with Gasteiger partial charge in [-0.3, -0.25) is 9.69 Å². The Kier molecular flexibility index (Phi) is 6.64. The number of hydrogen-bond donors (Lipinski definition) is 3. The summed E-state index contributed by atoms with van der Waals surface area (Å²) in [5, 5.41) is 12.7. The molecule has 4 aromatic rings. The zero-order valence-corrected chi connectivity index (χ0v) is 21.3. The van der Waals surface area contributed by atoms with Gasteiger partial charge in [-0.15, -0.1) is 0 Å². The number of pyridine rings is 1. The van der Waals surface area contributed by atoms with E-state index < -0.39 is 28.7 Å². The molecule has 1 aliphatic heterocycles. The predicted octanol–water partition coefficient (Wildman–Crippen LogP) is 4.95. The van der Waals surface area contributed by atoms with E-state index in [9.17, 15) is 18.7 Å². The second kappa shape index (κ2) is 9.79. The van der Waals surface area contributed by atoms with Gasteiger partial charge in [-0.1, -0.05) is 19.4 Å². The van der Waals surface area contributed by atoms with Crippen LogP contribution in [0.5, 0.6) is 11.8 Å². The third-order valence-electron chi connectivity index (χ3n) is 7.41. The summed E-state index contributed by atoms with van der Waals surface area (Å²) >= 11 is 0. The predicted molar refractivity (Wildman–Crippen MR) is 139 cm³/mol. The Morgan fingerprint density at radius 2 is 1.97 bits per heavy atom. The van der Waals surface area contributed by atoms with Crippen LogP contribution in [0.25, 0.3) is 32.9 Å². The van der Waals surface area contributed by atoms with Crippen molar-refractivity contribution in [3.8, 4) is 23.0 Å². The van der Waals surface area contributed by atoms with Crippen molar-refractivity contribution in [1.29, 1.82) is 0 Å². The van der Waals surface area contributed by atoms with Gasteiger partial charge >= 0.3 is 6.01 Å². The minimum absolute atomic E-state index is 0.0546. The van der Waals surface area contributed by atoms with E-state index in [0.29, 0.717) is 0 Å². The van der Waals surface area contributed by atoms with Crippen molar-refractivity contribution >= 4 is 27.5 Å². The number of aromatic hydroxyl groups is 1. The fourth-order valence-electron chi connectivity index (χ4n) is 5.48. The van der Waals surface area contributed by atoms with Gasteiger partial charge in [-0.25, -0.2) is 13.2 Å². The molecule has 11 heteroatoms. The summed E-state index contributed by atoms with van der Waals surface area (Å²) in [6, 6.07) is 4.33. The summed E-state index contributed by atoms with van der Waals surface area (Å²) < 4.78 is 51.0. The molecule has 0 radical (unpaired) electrons. The highest BCUT2D eigenvalue weighted by atomic mass is 19.2. The Hall–Kier alpha value is -3.86. The van der Waals surface area contributed by atoms with Crippen LogP contribution in [0.3, 0.4) is 0 Å². The first-order valence-electron chi connectivity index (χ1n) is 12.5. The number of hydrogen-bond acceptors (Lipinski definition) is 7. The second-order valence-corrected chi connectivity index (χ2v) is 9.71. The van der Waals surface area contributed by atoms with E-state index in [1.807, 2.05) is 7.05 Å². The van der Waals surface area contributed by atoms with Crippen molar-refractivity contribution in [3.05, 3.63) is 52.1 Å². The van der Waals surface area contributed by atoms with E-state index in [4.69, 9.17) is 4.74 Å². The van der Waals surface area contributed by atoms with Crippen molar-refractivity contribution in [2.24, 2.45) is 0 Å². The Bertz CT molecular complexity index is 1610. The van der Waals surface area contributed by atoms with Gasteiger partial charge in [0, 0.05) is 18.0 Å². The lowest BCUT2D eigenvalue weighted by Gasteiger charge is -2.35. The van der Waals surface area contributed by atoms with Crippen LogP contribution in [-0.4, -0.2) is 57.7 Å². The number of phenols is 1. The van der Waals surface area contributed by atoms with Crippen LogP contribution >= 0.6 is 0 Å². The van der Waals surface area contributed by atoms with Gasteiger partial charge in [0.1, 0.15) is 29.1 Å². The molecular formula is C27H28F3N5O3. The summed E-state index contributed by atoms with van der Waals surface area (Å²) in [6.07, 6.45) is 3.83. The van der Waals surface area contributed by atoms with Crippen LogP contribution in [0, 0.1) is 17.5 Å². The third-order valence-corrected chi connectivity index (χ3v) is 7.41. The molecule has 0 saturated carbocycles. The van der Waals surface area contributed by atoms with Crippen molar-refractivity contribution in [3.63, 3.8) is 0 Å². The van der Waals surface area contributed by atoms with E-state index in [2.05, 4.69) is 32.1 Å². The van der Waals surface area contributed by atoms with Gasteiger partial charge in [0.05, 0.1) is 11.2 Å². The number of nitrogens with one attached hydrogen (secondary N) is 2. The highest BCUT2D eigenvalue weighted by Gasteiger charge is 2.39. The Morgan fingerprint density at radius 3 is 2.66 bits per heavy atom. The number of phenolic OH excluding ortho intramolecular Hbond substituents is 1. The highest BCUT2D eigenvalue weighted by Crippen LogP contribution is 2.37. The fraction of sp³-hybridized carbons (Fsp3) is 0.370. The monoisotopic (exact) mass is 527 g/mol. The first kappa shape index (κ1) is 25.8. The molecule has 3 heterocycles. The molecule has 0 spiro atoms. The van der Waals surface area contributed by atoms with E-state index in [0.717, 1.165) is 44.4 Å². The van der Waals surface area contributed by atoms with Crippen LogP contribution in [0.2, 0.25) is 0 Å². The zero-order valence-electron chi connectivity index (χ0n) is 21.3. The van der Waals surface area contributed by atoms with Gasteiger partial charge in [-0.2, -0.15) is 9.97 Å². The molecule has 1 atom stereocenters. The molecule has 2 aromatic heterocycles.